The van der Waals surface area contributed by atoms with E-state index in [-0.39, 0.29) is 11.3 Å². The van der Waals surface area contributed by atoms with Crippen molar-refractivity contribution in [2.45, 2.75) is 6.36 Å². The Morgan fingerprint density at radius 1 is 1.08 bits per heavy atom. The number of hydrogen-bond acceptors (Lipinski definition) is 3. The quantitative estimate of drug-likeness (QED) is 0.695. The minimum atomic E-state index is -4.78. The molecule has 0 radical (unpaired) electrons. The van der Waals surface area contributed by atoms with Crippen molar-refractivity contribution >= 4 is 28.5 Å². The first-order chi connectivity index (χ1) is 11.7. The second-order valence-electron chi connectivity index (χ2n) is 5.09. The minimum absolute atomic E-state index is 0.00174. The van der Waals surface area contributed by atoms with Crippen LogP contribution in [0, 0.1) is 0 Å². The van der Waals surface area contributed by atoms with Crippen molar-refractivity contribution in [3.05, 3.63) is 59.1 Å². The molecule has 4 nitrogen and oxygen atoms in total. The van der Waals surface area contributed by atoms with E-state index in [0.717, 1.165) is 12.1 Å². The SMILES string of the molecule is O=C(O)c1cc(-c2ccc(OC(F)(F)F)cc2)nc2ccc(Cl)cc12. The Bertz CT molecular complexity index is 956. The Balaban J connectivity index is 2.07. The molecule has 0 atom stereocenters. The first-order valence-corrected chi connectivity index (χ1v) is 7.30. The Hall–Kier alpha value is -2.80. The molecule has 0 aliphatic rings. The van der Waals surface area contributed by atoms with E-state index in [4.69, 9.17) is 11.6 Å². The summed E-state index contributed by atoms with van der Waals surface area (Å²) in [4.78, 5) is 15.9. The Morgan fingerprint density at radius 2 is 1.76 bits per heavy atom. The molecule has 0 aliphatic heterocycles. The van der Waals surface area contributed by atoms with Gasteiger partial charge in [-0.25, -0.2) is 9.78 Å². The number of aromatic carboxylic acids is 1. The molecule has 0 fully saturated rings. The van der Waals surface area contributed by atoms with Crippen molar-refractivity contribution in [1.82, 2.24) is 4.98 Å². The molecular formula is C17H9ClF3NO3. The molecule has 2 aromatic carbocycles. The third kappa shape index (κ3) is 3.83. The number of aromatic nitrogens is 1. The molecule has 3 aromatic rings. The van der Waals surface area contributed by atoms with Gasteiger partial charge in [-0.2, -0.15) is 0 Å². The largest absolute Gasteiger partial charge is 0.573 e. The predicted octanol–water partition coefficient (Wildman–Crippen LogP) is 5.15. The average Bonchev–Trinajstić information content (AvgIpc) is 2.53. The lowest BCUT2D eigenvalue weighted by atomic mass is 10.0. The number of carboxylic acids is 1. The number of nitrogens with zero attached hydrogens (tertiary/aromatic N) is 1. The van der Waals surface area contributed by atoms with Crippen LogP contribution in [0.2, 0.25) is 5.02 Å². The van der Waals surface area contributed by atoms with Crippen LogP contribution in [-0.4, -0.2) is 22.4 Å². The maximum Gasteiger partial charge on any atom is 0.573 e. The van der Waals surface area contributed by atoms with Crippen LogP contribution in [0.1, 0.15) is 10.4 Å². The van der Waals surface area contributed by atoms with E-state index in [1.807, 2.05) is 0 Å². The van der Waals surface area contributed by atoms with Gasteiger partial charge in [0.1, 0.15) is 5.75 Å². The third-order valence-electron chi connectivity index (χ3n) is 3.38. The highest BCUT2D eigenvalue weighted by molar-refractivity contribution is 6.31. The number of carboxylic acid groups (broad SMARTS) is 1. The summed E-state index contributed by atoms with van der Waals surface area (Å²) in [6.45, 7) is 0. The number of ether oxygens (including phenoxy) is 1. The molecule has 1 heterocycles. The predicted molar refractivity (Wildman–Crippen MR) is 85.8 cm³/mol. The molecule has 1 aromatic heterocycles. The fraction of sp³-hybridized carbons (Fsp3) is 0.0588. The van der Waals surface area contributed by atoms with Gasteiger partial charge < -0.3 is 9.84 Å². The van der Waals surface area contributed by atoms with Crippen molar-refractivity contribution in [1.29, 1.82) is 0 Å². The molecule has 0 saturated carbocycles. The summed E-state index contributed by atoms with van der Waals surface area (Å²) in [6.07, 6.45) is -4.78. The van der Waals surface area contributed by atoms with Gasteiger partial charge in [0.25, 0.3) is 0 Å². The first-order valence-electron chi connectivity index (χ1n) is 6.93. The second kappa shape index (κ2) is 6.25. The van der Waals surface area contributed by atoms with Crippen LogP contribution in [0.4, 0.5) is 13.2 Å². The van der Waals surface area contributed by atoms with Gasteiger partial charge in [0.05, 0.1) is 16.8 Å². The fourth-order valence-electron chi connectivity index (χ4n) is 2.35. The van der Waals surface area contributed by atoms with Gasteiger partial charge in [-0.05, 0) is 48.5 Å². The zero-order valence-electron chi connectivity index (χ0n) is 12.3. The topological polar surface area (TPSA) is 59.4 Å². The van der Waals surface area contributed by atoms with Crippen molar-refractivity contribution in [3.63, 3.8) is 0 Å². The van der Waals surface area contributed by atoms with Crippen LogP contribution >= 0.6 is 11.6 Å². The van der Waals surface area contributed by atoms with Crippen LogP contribution in [0.3, 0.4) is 0 Å². The molecule has 0 amide bonds. The van der Waals surface area contributed by atoms with Gasteiger partial charge in [-0.15, -0.1) is 13.2 Å². The van der Waals surface area contributed by atoms with Crippen molar-refractivity contribution in [2.24, 2.45) is 0 Å². The van der Waals surface area contributed by atoms with E-state index in [9.17, 15) is 23.1 Å². The highest BCUT2D eigenvalue weighted by atomic mass is 35.5. The molecule has 0 unspecified atom stereocenters. The monoisotopic (exact) mass is 367 g/mol. The van der Waals surface area contributed by atoms with Gasteiger partial charge in [-0.3, -0.25) is 0 Å². The summed E-state index contributed by atoms with van der Waals surface area (Å²) < 4.78 is 40.4. The lowest BCUT2D eigenvalue weighted by Crippen LogP contribution is -2.16. The number of pyridine rings is 1. The van der Waals surface area contributed by atoms with Gasteiger partial charge in [-0.1, -0.05) is 11.6 Å². The number of hydrogen-bond donors (Lipinski definition) is 1. The maximum absolute atomic E-state index is 12.2. The van der Waals surface area contributed by atoms with Crippen LogP contribution in [0.5, 0.6) is 5.75 Å². The molecule has 3 rings (SSSR count). The Labute approximate surface area is 144 Å². The lowest BCUT2D eigenvalue weighted by molar-refractivity contribution is -0.274. The van der Waals surface area contributed by atoms with Crippen molar-refractivity contribution < 1.29 is 27.8 Å². The minimum Gasteiger partial charge on any atom is -0.478 e. The van der Waals surface area contributed by atoms with Crippen LogP contribution in [-0.2, 0) is 0 Å². The lowest BCUT2D eigenvalue weighted by Gasteiger charge is -2.10. The van der Waals surface area contributed by atoms with Crippen LogP contribution in [0.15, 0.2) is 48.5 Å². The van der Waals surface area contributed by atoms with E-state index in [1.54, 1.807) is 12.1 Å². The standard InChI is InChI=1S/C17H9ClF3NO3/c18-10-3-6-14-12(7-10)13(16(23)24)8-15(22-14)9-1-4-11(5-2-9)25-17(19,20)21/h1-8H,(H,23,24). The van der Waals surface area contributed by atoms with E-state index < -0.39 is 12.3 Å². The Kier molecular flexibility index (Phi) is 4.26. The first kappa shape index (κ1) is 17.0. The summed E-state index contributed by atoms with van der Waals surface area (Å²) in [5.41, 5.74) is 1.17. The molecule has 0 spiro atoms. The molecule has 8 heteroatoms. The maximum atomic E-state index is 12.2. The summed E-state index contributed by atoms with van der Waals surface area (Å²) in [5.74, 6) is -1.53. The van der Waals surface area contributed by atoms with Gasteiger partial charge in [0, 0.05) is 16.0 Å². The highest BCUT2D eigenvalue weighted by Gasteiger charge is 2.31. The number of benzene rings is 2. The van der Waals surface area contributed by atoms with E-state index in [1.165, 1.54) is 24.3 Å². The third-order valence-corrected chi connectivity index (χ3v) is 3.62. The van der Waals surface area contributed by atoms with Gasteiger partial charge in [0.15, 0.2) is 0 Å². The smallest absolute Gasteiger partial charge is 0.478 e. The van der Waals surface area contributed by atoms with E-state index in [2.05, 4.69) is 9.72 Å². The molecule has 128 valence electrons. The zero-order chi connectivity index (χ0) is 18.2. The normalized spacial score (nSPS) is 11.5. The summed E-state index contributed by atoms with van der Waals surface area (Å²) in [6, 6.07) is 11.0. The molecule has 25 heavy (non-hydrogen) atoms. The Morgan fingerprint density at radius 3 is 2.36 bits per heavy atom. The van der Waals surface area contributed by atoms with Crippen molar-refractivity contribution in [3.8, 4) is 17.0 Å². The van der Waals surface area contributed by atoms with E-state index in [0.29, 0.717) is 27.2 Å². The van der Waals surface area contributed by atoms with Gasteiger partial charge in [0.2, 0.25) is 0 Å². The second-order valence-corrected chi connectivity index (χ2v) is 5.53. The summed E-state index contributed by atoms with van der Waals surface area (Å²) in [7, 11) is 0. The molecule has 0 aliphatic carbocycles. The van der Waals surface area contributed by atoms with Crippen molar-refractivity contribution in [2.75, 3.05) is 0 Å². The molecule has 0 bridgehead atoms. The zero-order valence-corrected chi connectivity index (χ0v) is 13.1. The molecule has 0 saturated heterocycles. The molecule has 1 N–H and O–H groups in total. The number of halogens is 4. The van der Waals surface area contributed by atoms with Crippen LogP contribution < -0.4 is 4.74 Å². The van der Waals surface area contributed by atoms with E-state index >= 15 is 0 Å². The summed E-state index contributed by atoms with van der Waals surface area (Å²) >= 11 is 5.90. The highest BCUT2D eigenvalue weighted by Crippen LogP contribution is 2.29. The number of alkyl halides is 3. The summed E-state index contributed by atoms with van der Waals surface area (Å²) in [5, 5.41) is 10.1. The van der Waals surface area contributed by atoms with Gasteiger partial charge >= 0.3 is 12.3 Å². The van der Waals surface area contributed by atoms with Crippen LogP contribution in [0.25, 0.3) is 22.2 Å². The number of rotatable bonds is 3. The number of carbonyl (C=O) groups is 1. The number of fused-ring (bicyclic) bond motifs is 1. The average molecular weight is 368 g/mol. The fourth-order valence-corrected chi connectivity index (χ4v) is 2.52. The molecular weight excluding hydrogens is 359 g/mol.